The van der Waals surface area contributed by atoms with Crippen LogP contribution in [0.2, 0.25) is 0 Å². The van der Waals surface area contributed by atoms with E-state index in [1.165, 1.54) is 12.8 Å². The zero-order chi connectivity index (χ0) is 13.9. The Morgan fingerprint density at radius 3 is 2.65 bits per heavy atom. The molecule has 0 bridgehead atoms. The first kappa shape index (κ1) is 14.3. The van der Waals surface area contributed by atoms with Crippen LogP contribution in [-0.2, 0) is 9.53 Å². The van der Waals surface area contributed by atoms with Crippen molar-refractivity contribution < 1.29 is 9.53 Å². The zero-order valence-electron chi connectivity index (χ0n) is 12.5. The summed E-state index contributed by atoms with van der Waals surface area (Å²) in [5.74, 6) is 1.03. The summed E-state index contributed by atoms with van der Waals surface area (Å²) in [6, 6.07) is 0. The Bertz CT molecular complexity index is 336. The van der Waals surface area contributed by atoms with E-state index in [4.69, 9.17) is 4.74 Å². The van der Waals surface area contributed by atoms with E-state index in [2.05, 4.69) is 22.0 Å². The van der Waals surface area contributed by atoms with Crippen LogP contribution in [0.5, 0.6) is 0 Å². The molecule has 3 rings (SSSR count). The van der Waals surface area contributed by atoms with Crippen molar-refractivity contribution in [1.29, 1.82) is 0 Å². The summed E-state index contributed by atoms with van der Waals surface area (Å²) in [6.07, 6.45) is 2.83. The average Bonchev–Trinajstić information content (AvgIpc) is 3.10. The van der Waals surface area contributed by atoms with Crippen molar-refractivity contribution in [3.8, 4) is 0 Å². The first-order valence-corrected chi connectivity index (χ1v) is 8.07. The maximum Gasteiger partial charge on any atom is 0.227 e. The molecule has 5 nitrogen and oxygen atoms in total. The minimum Gasteiger partial charge on any atom is -0.377 e. The molecule has 114 valence electrons. The fourth-order valence-electron chi connectivity index (χ4n) is 3.60. The van der Waals surface area contributed by atoms with Crippen molar-refractivity contribution in [1.82, 2.24) is 15.1 Å². The Morgan fingerprint density at radius 1 is 1.25 bits per heavy atom. The standard InChI is InChI=1S/C15H27N3O2/c1-12-9-16-10-14(12)15(19)18-6-4-17(5-7-18)11-13-3-2-8-20-13/h12-14,16H,2-11H2,1H3. The highest BCUT2D eigenvalue weighted by atomic mass is 16.5. The van der Waals surface area contributed by atoms with Crippen LogP contribution < -0.4 is 5.32 Å². The van der Waals surface area contributed by atoms with E-state index in [9.17, 15) is 4.79 Å². The normalized spacial score (nSPS) is 35.6. The number of nitrogens with zero attached hydrogens (tertiary/aromatic N) is 2. The molecule has 3 aliphatic heterocycles. The third kappa shape index (κ3) is 3.15. The number of hydrogen-bond acceptors (Lipinski definition) is 4. The van der Waals surface area contributed by atoms with Crippen molar-refractivity contribution in [2.75, 3.05) is 52.4 Å². The first-order valence-electron chi connectivity index (χ1n) is 8.07. The van der Waals surface area contributed by atoms with Gasteiger partial charge in [-0.15, -0.1) is 0 Å². The van der Waals surface area contributed by atoms with Crippen LogP contribution >= 0.6 is 0 Å². The van der Waals surface area contributed by atoms with Gasteiger partial charge in [0.25, 0.3) is 0 Å². The maximum absolute atomic E-state index is 12.5. The van der Waals surface area contributed by atoms with Crippen LogP contribution in [0.4, 0.5) is 0 Å². The van der Waals surface area contributed by atoms with Crippen molar-refractivity contribution >= 4 is 5.91 Å². The molecule has 3 heterocycles. The number of amides is 1. The molecule has 0 saturated carbocycles. The lowest BCUT2D eigenvalue weighted by molar-refractivity contribution is -0.137. The number of ether oxygens (including phenoxy) is 1. The fraction of sp³-hybridized carbons (Fsp3) is 0.933. The highest BCUT2D eigenvalue weighted by Gasteiger charge is 2.34. The summed E-state index contributed by atoms with van der Waals surface area (Å²) in [5.41, 5.74) is 0. The van der Waals surface area contributed by atoms with Crippen molar-refractivity contribution in [3.63, 3.8) is 0 Å². The molecule has 1 N–H and O–H groups in total. The summed E-state index contributed by atoms with van der Waals surface area (Å²) in [7, 11) is 0. The van der Waals surface area contributed by atoms with Gasteiger partial charge in [-0.3, -0.25) is 9.69 Å². The van der Waals surface area contributed by atoms with Crippen LogP contribution in [0.3, 0.4) is 0 Å². The average molecular weight is 281 g/mol. The highest BCUT2D eigenvalue weighted by Crippen LogP contribution is 2.20. The minimum atomic E-state index is 0.194. The van der Waals surface area contributed by atoms with Gasteiger partial charge >= 0.3 is 0 Å². The third-order valence-electron chi connectivity index (χ3n) is 5.00. The van der Waals surface area contributed by atoms with Gasteiger partial charge in [0.2, 0.25) is 5.91 Å². The van der Waals surface area contributed by atoms with E-state index in [0.717, 1.165) is 52.4 Å². The summed E-state index contributed by atoms with van der Waals surface area (Å²) >= 11 is 0. The Morgan fingerprint density at radius 2 is 2.05 bits per heavy atom. The van der Waals surface area contributed by atoms with Crippen LogP contribution in [0.1, 0.15) is 19.8 Å². The van der Waals surface area contributed by atoms with Gasteiger partial charge in [0.15, 0.2) is 0 Å². The molecule has 3 unspecified atom stereocenters. The molecule has 0 aromatic carbocycles. The molecule has 3 aliphatic rings. The molecule has 0 aliphatic carbocycles. The number of piperazine rings is 1. The molecular formula is C15H27N3O2. The summed E-state index contributed by atoms with van der Waals surface area (Å²) in [5, 5.41) is 3.32. The highest BCUT2D eigenvalue weighted by molar-refractivity contribution is 5.79. The van der Waals surface area contributed by atoms with Gasteiger partial charge in [-0.05, 0) is 25.3 Å². The molecule has 0 aromatic rings. The molecule has 3 saturated heterocycles. The van der Waals surface area contributed by atoms with Crippen molar-refractivity contribution in [3.05, 3.63) is 0 Å². The Hall–Kier alpha value is -0.650. The SMILES string of the molecule is CC1CNCC1C(=O)N1CCN(CC2CCCO2)CC1. The molecule has 3 fully saturated rings. The Balaban J connectivity index is 1.44. The van der Waals surface area contributed by atoms with Gasteiger partial charge in [-0.25, -0.2) is 0 Å². The van der Waals surface area contributed by atoms with Crippen molar-refractivity contribution in [2.24, 2.45) is 11.8 Å². The largest absolute Gasteiger partial charge is 0.377 e. The van der Waals surface area contributed by atoms with Crippen LogP contribution in [0, 0.1) is 11.8 Å². The maximum atomic E-state index is 12.5. The van der Waals surface area contributed by atoms with E-state index in [1.54, 1.807) is 0 Å². The number of carbonyl (C=O) groups is 1. The van der Waals surface area contributed by atoms with Gasteiger partial charge in [-0.1, -0.05) is 6.92 Å². The van der Waals surface area contributed by atoms with E-state index >= 15 is 0 Å². The fourth-order valence-corrected chi connectivity index (χ4v) is 3.60. The van der Waals surface area contributed by atoms with E-state index < -0.39 is 0 Å². The Labute approximate surface area is 121 Å². The number of hydrogen-bond donors (Lipinski definition) is 1. The van der Waals surface area contributed by atoms with Gasteiger partial charge in [0, 0.05) is 45.9 Å². The molecule has 3 atom stereocenters. The minimum absolute atomic E-state index is 0.194. The molecule has 0 radical (unpaired) electrons. The van der Waals surface area contributed by atoms with Gasteiger partial charge in [0.1, 0.15) is 0 Å². The lowest BCUT2D eigenvalue weighted by Crippen LogP contribution is -2.52. The molecular weight excluding hydrogens is 254 g/mol. The van der Waals surface area contributed by atoms with Gasteiger partial charge < -0.3 is 15.0 Å². The van der Waals surface area contributed by atoms with E-state index in [0.29, 0.717) is 17.9 Å². The van der Waals surface area contributed by atoms with E-state index in [1.807, 2.05) is 0 Å². The molecule has 1 amide bonds. The second kappa shape index (κ2) is 6.41. The first-order chi connectivity index (χ1) is 9.74. The smallest absolute Gasteiger partial charge is 0.227 e. The summed E-state index contributed by atoms with van der Waals surface area (Å²) in [4.78, 5) is 17.0. The van der Waals surface area contributed by atoms with E-state index in [-0.39, 0.29) is 5.92 Å². The molecule has 0 spiro atoms. The van der Waals surface area contributed by atoms with Crippen LogP contribution in [-0.4, -0.2) is 74.2 Å². The topological polar surface area (TPSA) is 44.8 Å². The lowest BCUT2D eigenvalue weighted by atomic mass is 9.96. The number of rotatable bonds is 3. The van der Waals surface area contributed by atoms with Gasteiger partial charge in [0.05, 0.1) is 12.0 Å². The lowest BCUT2D eigenvalue weighted by Gasteiger charge is -2.37. The predicted octanol–water partition coefficient (Wildman–Crippen LogP) is 0.165. The third-order valence-corrected chi connectivity index (χ3v) is 5.00. The number of nitrogens with one attached hydrogen (secondary N) is 1. The molecule has 5 heteroatoms. The predicted molar refractivity (Wildman–Crippen MR) is 77.5 cm³/mol. The number of carbonyl (C=O) groups excluding carboxylic acids is 1. The Kier molecular flexibility index (Phi) is 4.58. The molecule has 20 heavy (non-hydrogen) atoms. The van der Waals surface area contributed by atoms with Crippen molar-refractivity contribution in [2.45, 2.75) is 25.9 Å². The quantitative estimate of drug-likeness (QED) is 0.801. The molecule has 0 aromatic heterocycles. The monoisotopic (exact) mass is 281 g/mol. The van der Waals surface area contributed by atoms with Crippen LogP contribution in [0.25, 0.3) is 0 Å². The van der Waals surface area contributed by atoms with Gasteiger partial charge in [-0.2, -0.15) is 0 Å². The van der Waals surface area contributed by atoms with Crippen LogP contribution in [0.15, 0.2) is 0 Å². The summed E-state index contributed by atoms with van der Waals surface area (Å²) < 4.78 is 5.69. The second-order valence-corrected chi connectivity index (χ2v) is 6.50. The zero-order valence-corrected chi connectivity index (χ0v) is 12.5. The summed E-state index contributed by atoms with van der Waals surface area (Å²) in [6.45, 7) is 9.75. The second-order valence-electron chi connectivity index (χ2n) is 6.50.